The highest BCUT2D eigenvalue weighted by atomic mass is 15.1. The predicted molar refractivity (Wildman–Crippen MR) is 96.3 cm³/mol. The van der Waals surface area contributed by atoms with E-state index in [0.29, 0.717) is 0 Å². The minimum absolute atomic E-state index is 0.808. The SMILES string of the molecule is C1=[N+](c2nc(Cc3ccccc3)nc3c2CCNCC3)CCCC1. The summed E-state index contributed by atoms with van der Waals surface area (Å²) >= 11 is 0. The Morgan fingerprint density at radius 2 is 1.88 bits per heavy atom. The molecule has 2 aromatic rings. The van der Waals surface area contributed by atoms with Gasteiger partial charge in [-0.05, 0) is 36.4 Å². The lowest BCUT2D eigenvalue weighted by molar-refractivity contribution is -0.446. The van der Waals surface area contributed by atoms with Crippen LogP contribution in [-0.4, -0.2) is 40.4 Å². The van der Waals surface area contributed by atoms with E-state index >= 15 is 0 Å². The van der Waals surface area contributed by atoms with Crippen LogP contribution in [0.25, 0.3) is 0 Å². The summed E-state index contributed by atoms with van der Waals surface area (Å²) in [5, 5.41) is 3.50. The van der Waals surface area contributed by atoms with Crippen LogP contribution < -0.4 is 5.32 Å². The van der Waals surface area contributed by atoms with Crippen molar-refractivity contribution in [1.82, 2.24) is 15.3 Å². The van der Waals surface area contributed by atoms with Gasteiger partial charge in [0.2, 0.25) is 5.82 Å². The van der Waals surface area contributed by atoms with Crippen LogP contribution in [0.4, 0.5) is 5.82 Å². The molecule has 124 valence electrons. The smallest absolute Gasteiger partial charge is 0.316 e. The average Bonchev–Trinajstić information content (AvgIpc) is 2.88. The molecule has 0 radical (unpaired) electrons. The van der Waals surface area contributed by atoms with Crippen LogP contribution >= 0.6 is 0 Å². The second-order valence-corrected chi connectivity index (χ2v) is 6.67. The first-order valence-electron chi connectivity index (χ1n) is 9.13. The molecule has 4 nitrogen and oxygen atoms in total. The summed E-state index contributed by atoms with van der Waals surface area (Å²) in [6.45, 7) is 3.12. The molecule has 24 heavy (non-hydrogen) atoms. The van der Waals surface area contributed by atoms with Crippen molar-refractivity contribution >= 4 is 12.0 Å². The number of aromatic nitrogens is 2. The quantitative estimate of drug-likeness (QED) is 0.884. The first-order chi connectivity index (χ1) is 11.9. The van der Waals surface area contributed by atoms with Crippen LogP contribution in [-0.2, 0) is 19.3 Å². The number of nitrogens with zero attached hydrogens (tertiary/aromatic N) is 3. The van der Waals surface area contributed by atoms with Gasteiger partial charge in [-0.1, -0.05) is 30.3 Å². The van der Waals surface area contributed by atoms with Gasteiger partial charge in [0.05, 0.1) is 30.4 Å². The van der Waals surface area contributed by atoms with Crippen molar-refractivity contribution in [2.75, 3.05) is 19.6 Å². The zero-order chi connectivity index (χ0) is 16.2. The number of nitrogens with one attached hydrogen (secondary N) is 1. The van der Waals surface area contributed by atoms with E-state index in [9.17, 15) is 0 Å². The Hall–Kier alpha value is -2.07. The van der Waals surface area contributed by atoms with Crippen molar-refractivity contribution in [1.29, 1.82) is 0 Å². The summed E-state index contributed by atoms with van der Waals surface area (Å²) in [4.78, 5) is 9.93. The molecule has 2 aliphatic rings. The third kappa shape index (κ3) is 3.39. The minimum Gasteiger partial charge on any atom is -0.316 e. The number of hydrogen-bond acceptors (Lipinski definition) is 3. The second-order valence-electron chi connectivity index (χ2n) is 6.67. The zero-order valence-corrected chi connectivity index (χ0v) is 14.2. The highest BCUT2D eigenvalue weighted by Crippen LogP contribution is 2.24. The third-order valence-electron chi connectivity index (χ3n) is 4.89. The molecule has 0 saturated carbocycles. The molecular formula is C20H25N4+. The summed E-state index contributed by atoms with van der Waals surface area (Å²) in [6.07, 6.45) is 8.87. The van der Waals surface area contributed by atoms with Crippen molar-refractivity contribution in [3.05, 3.63) is 53.0 Å². The molecule has 0 unspecified atom stereocenters. The summed E-state index contributed by atoms with van der Waals surface area (Å²) in [5.74, 6) is 2.12. The first kappa shape index (κ1) is 15.5. The summed E-state index contributed by atoms with van der Waals surface area (Å²) in [6, 6.07) is 10.5. The van der Waals surface area contributed by atoms with Crippen LogP contribution in [0, 0.1) is 0 Å². The largest absolute Gasteiger partial charge is 0.330 e. The van der Waals surface area contributed by atoms with Gasteiger partial charge in [-0.25, -0.2) is 9.56 Å². The topological polar surface area (TPSA) is 40.8 Å². The maximum Gasteiger partial charge on any atom is 0.330 e. The Morgan fingerprint density at radius 1 is 1.00 bits per heavy atom. The third-order valence-corrected chi connectivity index (χ3v) is 4.89. The van der Waals surface area contributed by atoms with Crippen LogP contribution in [0.3, 0.4) is 0 Å². The zero-order valence-electron chi connectivity index (χ0n) is 14.2. The molecule has 1 aromatic carbocycles. The van der Waals surface area contributed by atoms with Gasteiger partial charge in [0.25, 0.3) is 0 Å². The molecule has 3 heterocycles. The van der Waals surface area contributed by atoms with Gasteiger partial charge in [0, 0.05) is 19.4 Å². The number of benzene rings is 1. The molecule has 0 saturated heterocycles. The molecule has 0 atom stereocenters. The number of fused-ring (bicyclic) bond motifs is 1. The van der Waals surface area contributed by atoms with Crippen LogP contribution in [0.2, 0.25) is 0 Å². The molecule has 4 rings (SSSR count). The van der Waals surface area contributed by atoms with E-state index in [1.807, 2.05) is 0 Å². The van der Waals surface area contributed by atoms with Crippen molar-refractivity contribution < 1.29 is 4.58 Å². The number of rotatable bonds is 3. The Morgan fingerprint density at radius 3 is 2.71 bits per heavy atom. The highest BCUT2D eigenvalue weighted by Gasteiger charge is 2.26. The highest BCUT2D eigenvalue weighted by molar-refractivity contribution is 5.55. The number of hydrogen-bond donors (Lipinski definition) is 1. The van der Waals surface area contributed by atoms with E-state index in [1.165, 1.54) is 29.7 Å². The lowest BCUT2D eigenvalue weighted by Crippen LogP contribution is -2.19. The maximum atomic E-state index is 5.00. The van der Waals surface area contributed by atoms with E-state index in [-0.39, 0.29) is 0 Å². The first-order valence-corrected chi connectivity index (χ1v) is 9.13. The monoisotopic (exact) mass is 321 g/mol. The Kier molecular flexibility index (Phi) is 4.65. The van der Waals surface area contributed by atoms with Crippen molar-refractivity contribution in [2.24, 2.45) is 0 Å². The van der Waals surface area contributed by atoms with E-state index < -0.39 is 0 Å². The van der Waals surface area contributed by atoms with Gasteiger partial charge in [-0.2, -0.15) is 0 Å². The summed E-state index contributed by atoms with van der Waals surface area (Å²) < 4.78 is 2.38. The van der Waals surface area contributed by atoms with Crippen LogP contribution in [0.5, 0.6) is 0 Å². The van der Waals surface area contributed by atoms with E-state index in [1.54, 1.807) is 0 Å². The normalized spacial score (nSPS) is 17.8. The molecule has 0 spiro atoms. The van der Waals surface area contributed by atoms with Gasteiger partial charge in [0.1, 0.15) is 0 Å². The molecule has 0 bridgehead atoms. The predicted octanol–water partition coefficient (Wildman–Crippen LogP) is 2.65. The fourth-order valence-electron chi connectivity index (χ4n) is 3.63. The molecule has 2 aliphatic heterocycles. The fourth-order valence-corrected chi connectivity index (χ4v) is 3.63. The average molecular weight is 321 g/mol. The van der Waals surface area contributed by atoms with Crippen LogP contribution in [0.15, 0.2) is 30.3 Å². The van der Waals surface area contributed by atoms with E-state index in [2.05, 4.69) is 46.4 Å². The summed E-state index contributed by atoms with van der Waals surface area (Å²) in [5.41, 5.74) is 3.88. The fraction of sp³-hybridized carbons (Fsp3) is 0.450. The molecule has 0 amide bonds. The van der Waals surface area contributed by atoms with Crippen molar-refractivity contribution in [2.45, 2.75) is 38.5 Å². The lowest BCUT2D eigenvalue weighted by atomic mass is 10.1. The maximum absolute atomic E-state index is 5.00. The second kappa shape index (κ2) is 7.22. The van der Waals surface area contributed by atoms with E-state index in [0.717, 1.165) is 57.0 Å². The lowest BCUT2D eigenvalue weighted by Gasteiger charge is -2.13. The molecule has 0 fully saturated rings. The van der Waals surface area contributed by atoms with E-state index in [4.69, 9.17) is 9.97 Å². The minimum atomic E-state index is 0.808. The Balaban J connectivity index is 1.75. The molecule has 0 aliphatic carbocycles. The standard InChI is InChI=1S/C20H25N4/c1-3-7-16(8-4-1)15-19-22-18-10-12-21-11-9-17(18)20(23-19)24-13-5-2-6-14-24/h1,3-4,7-8,13,21H,2,5-6,9-12,14-15H2/q+1. The molecular weight excluding hydrogens is 296 g/mol. The Labute approximate surface area is 143 Å². The van der Waals surface area contributed by atoms with Crippen molar-refractivity contribution in [3.8, 4) is 0 Å². The van der Waals surface area contributed by atoms with Gasteiger partial charge >= 0.3 is 5.82 Å². The van der Waals surface area contributed by atoms with Crippen molar-refractivity contribution in [3.63, 3.8) is 0 Å². The molecule has 1 aromatic heterocycles. The van der Waals surface area contributed by atoms with Gasteiger partial charge in [-0.3, -0.25) is 0 Å². The van der Waals surface area contributed by atoms with Gasteiger partial charge < -0.3 is 5.32 Å². The molecule has 1 N–H and O–H groups in total. The van der Waals surface area contributed by atoms with Gasteiger partial charge in [0.15, 0.2) is 0 Å². The summed E-state index contributed by atoms with van der Waals surface area (Å²) in [7, 11) is 0. The Bertz CT molecular complexity index is 737. The molecule has 4 heteroatoms. The van der Waals surface area contributed by atoms with Crippen LogP contribution in [0.1, 0.15) is 41.9 Å². The van der Waals surface area contributed by atoms with Gasteiger partial charge in [-0.15, -0.1) is 0 Å².